The summed E-state index contributed by atoms with van der Waals surface area (Å²) in [6.45, 7) is 5.70. The second-order valence-corrected chi connectivity index (χ2v) is 7.42. The van der Waals surface area contributed by atoms with Gasteiger partial charge in [-0.25, -0.2) is 4.98 Å². The van der Waals surface area contributed by atoms with E-state index < -0.39 is 6.04 Å². The van der Waals surface area contributed by atoms with E-state index in [2.05, 4.69) is 20.9 Å². The van der Waals surface area contributed by atoms with E-state index >= 15 is 0 Å². The number of ether oxygens (including phenoxy) is 2. The molecule has 1 aromatic heterocycles. The van der Waals surface area contributed by atoms with Crippen LogP contribution in [-0.2, 0) is 16.1 Å². The molecule has 0 saturated carbocycles. The van der Waals surface area contributed by atoms with Crippen LogP contribution < -0.4 is 25.4 Å². The van der Waals surface area contributed by atoms with E-state index in [0.29, 0.717) is 37.7 Å². The van der Waals surface area contributed by atoms with Crippen LogP contribution in [0.1, 0.15) is 13.8 Å². The molecule has 3 rings (SSSR count). The van der Waals surface area contributed by atoms with Crippen LogP contribution in [0.2, 0.25) is 0 Å². The lowest BCUT2D eigenvalue weighted by atomic mass is 10.0. The first-order valence-electron chi connectivity index (χ1n) is 10.1. The summed E-state index contributed by atoms with van der Waals surface area (Å²) in [5, 5.41) is 8.76. The lowest BCUT2D eigenvalue weighted by Crippen LogP contribution is -2.52. The zero-order valence-electron chi connectivity index (χ0n) is 17.6. The number of imidazole rings is 1. The maximum Gasteiger partial charge on any atom is 0.242 e. The smallest absolute Gasteiger partial charge is 0.242 e. The summed E-state index contributed by atoms with van der Waals surface area (Å²) in [7, 11) is 1.59. The first-order valence-corrected chi connectivity index (χ1v) is 10.1. The summed E-state index contributed by atoms with van der Waals surface area (Å²) < 4.78 is 13.2. The average Bonchev–Trinajstić information content (AvgIpc) is 3.19. The molecule has 1 aliphatic rings. The van der Waals surface area contributed by atoms with Crippen LogP contribution in [0.5, 0.6) is 11.5 Å². The van der Waals surface area contributed by atoms with Crippen molar-refractivity contribution >= 4 is 11.8 Å². The maximum absolute atomic E-state index is 12.6. The highest BCUT2D eigenvalue weighted by atomic mass is 16.5. The quantitative estimate of drug-likeness (QED) is 0.670. The molecule has 9 heteroatoms. The van der Waals surface area contributed by atoms with E-state index in [1.807, 2.05) is 42.8 Å². The highest BCUT2D eigenvalue weighted by Crippen LogP contribution is 2.32. The third kappa shape index (κ3) is 5.29. The second kappa shape index (κ2) is 10.1. The van der Waals surface area contributed by atoms with Crippen molar-refractivity contribution in [2.75, 3.05) is 33.4 Å². The highest BCUT2D eigenvalue weighted by Gasteiger charge is 2.24. The Bertz CT molecular complexity index is 880. The number of carbonyl (C=O) groups excluding carboxylic acids is 2. The number of aromatic nitrogens is 2. The maximum atomic E-state index is 12.6. The van der Waals surface area contributed by atoms with Crippen molar-refractivity contribution in [1.29, 1.82) is 0 Å². The van der Waals surface area contributed by atoms with Gasteiger partial charge in [0, 0.05) is 37.6 Å². The molecule has 9 nitrogen and oxygen atoms in total. The molecule has 1 aromatic carbocycles. The molecule has 0 aliphatic carbocycles. The predicted octanol–water partition coefficient (Wildman–Crippen LogP) is 0.798. The molecule has 2 bridgehead atoms. The molecule has 0 fully saturated rings. The fourth-order valence-corrected chi connectivity index (χ4v) is 3.28. The standard InChI is InChI=1S/C21H29N5O4/c1-14(2)19-21(28)24-7-10-26-9-6-23-20(26)15-4-5-16(29-3)17(12-15)30-11-8-22-13-18(27)25-19/h4-6,9,12,14,19,22H,7-8,10-11,13H2,1-3H3,(H,24,28)(H,25,27)/t19-/m1/s1. The molecule has 0 saturated heterocycles. The Morgan fingerprint density at radius 1 is 1.27 bits per heavy atom. The summed E-state index contributed by atoms with van der Waals surface area (Å²) >= 11 is 0. The average molecular weight is 415 g/mol. The second-order valence-electron chi connectivity index (χ2n) is 7.42. The van der Waals surface area contributed by atoms with Crippen molar-refractivity contribution in [2.24, 2.45) is 5.92 Å². The lowest BCUT2D eigenvalue weighted by Gasteiger charge is -2.22. The fraction of sp³-hybridized carbons (Fsp3) is 0.476. The van der Waals surface area contributed by atoms with E-state index in [0.717, 1.165) is 11.4 Å². The molecule has 1 aliphatic heterocycles. The molecule has 0 radical (unpaired) electrons. The summed E-state index contributed by atoms with van der Waals surface area (Å²) in [4.78, 5) is 29.3. The number of hydrogen-bond donors (Lipinski definition) is 3. The van der Waals surface area contributed by atoms with E-state index in [4.69, 9.17) is 9.47 Å². The Labute approximate surface area is 176 Å². The van der Waals surface area contributed by atoms with Gasteiger partial charge in [-0.1, -0.05) is 13.8 Å². The summed E-state index contributed by atoms with van der Waals surface area (Å²) in [6.07, 6.45) is 3.59. The summed E-state index contributed by atoms with van der Waals surface area (Å²) in [5.74, 6) is 1.54. The number of hydrogen-bond acceptors (Lipinski definition) is 6. The van der Waals surface area contributed by atoms with E-state index in [-0.39, 0.29) is 24.3 Å². The monoisotopic (exact) mass is 415 g/mol. The SMILES string of the molecule is COc1ccc2cc1OCCNCC(=O)N[C@H](C(C)C)C(=O)NCCn1ccnc1-2. The van der Waals surface area contributed by atoms with Gasteiger partial charge in [0.05, 0.1) is 13.7 Å². The van der Waals surface area contributed by atoms with Gasteiger partial charge in [0.1, 0.15) is 18.5 Å². The molecule has 2 aromatic rings. The van der Waals surface area contributed by atoms with Gasteiger partial charge in [-0.3, -0.25) is 9.59 Å². The zero-order valence-corrected chi connectivity index (χ0v) is 17.6. The lowest BCUT2D eigenvalue weighted by molar-refractivity contribution is -0.129. The molecule has 2 heterocycles. The minimum absolute atomic E-state index is 0.0304. The number of carbonyl (C=O) groups is 2. The van der Waals surface area contributed by atoms with E-state index in [9.17, 15) is 9.59 Å². The molecule has 30 heavy (non-hydrogen) atoms. The minimum Gasteiger partial charge on any atom is -0.493 e. The van der Waals surface area contributed by atoms with Crippen molar-refractivity contribution in [1.82, 2.24) is 25.5 Å². The molecule has 2 amide bonds. The minimum atomic E-state index is -0.590. The van der Waals surface area contributed by atoms with Gasteiger partial charge in [0.25, 0.3) is 0 Å². The Kier molecular flexibility index (Phi) is 7.29. The molecular weight excluding hydrogens is 386 g/mol. The van der Waals surface area contributed by atoms with Gasteiger partial charge >= 0.3 is 0 Å². The number of fused-ring (bicyclic) bond motifs is 4. The summed E-state index contributed by atoms with van der Waals surface area (Å²) in [5.41, 5.74) is 0.885. The number of nitrogens with one attached hydrogen (secondary N) is 3. The van der Waals surface area contributed by atoms with Crippen molar-refractivity contribution in [3.63, 3.8) is 0 Å². The van der Waals surface area contributed by atoms with E-state index in [1.165, 1.54) is 0 Å². The Morgan fingerprint density at radius 3 is 2.87 bits per heavy atom. The number of nitrogens with zero attached hydrogens (tertiary/aromatic N) is 2. The van der Waals surface area contributed by atoms with Crippen LogP contribution >= 0.6 is 0 Å². The van der Waals surface area contributed by atoms with Gasteiger partial charge in [-0.05, 0) is 24.1 Å². The fourth-order valence-electron chi connectivity index (χ4n) is 3.28. The van der Waals surface area contributed by atoms with Crippen LogP contribution in [-0.4, -0.2) is 60.8 Å². The number of benzene rings is 1. The molecule has 0 spiro atoms. The first kappa shape index (κ1) is 21.6. The van der Waals surface area contributed by atoms with Gasteiger partial charge in [0.2, 0.25) is 11.8 Å². The first-order chi connectivity index (χ1) is 14.5. The zero-order chi connectivity index (χ0) is 21.5. The molecule has 1 atom stereocenters. The van der Waals surface area contributed by atoms with Crippen LogP contribution in [0.4, 0.5) is 0 Å². The van der Waals surface area contributed by atoms with Gasteiger partial charge < -0.3 is 30.0 Å². The molecule has 162 valence electrons. The normalized spacial score (nSPS) is 18.6. The third-order valence-corrected chi connectivity index (χ3v) is 4.88. The Hall–Kier alpha value is -3.07. The summed E-state index contributed by atoms with van der Waals surface area (Å²) in [6, 6.07) is 5.06. The highest BCUT2D eigenvalue weighted by molar-refractivity contribution is 5.88. The van der Waals surface area contributed by atoms with Crippen LogP contribution in [0.3, 0.4) is 0 Å². The molecular formula is C21H29N5O4. The number of amides is 2. The van der Waals surface area contributed by atoms with Gasteiger partial charge in [-0.2, -0.15) is 0 Å². The van der Waals surface area contributed by atoms with E-state index in [1.54, 1.807) is 13.3 Å². The van der Waals surface area contributed by atoms with Crippen molar-refractivity contribution < 1.29 is 19.1 Å². The predicted molar refractivity (Wildman–Crippen MR) is 112 cm³/mol. The topological polar surface area (TPSA) is 107 Å². The Balaban J connectivity index is 1.84. The third-order valence-electron chi connectivity index (χ3n) is 4.88. The molecule has 3 N–H and O–H groups in total. The van der Waals surface area contributed by atoms with Crippen LogP contribution in [0.15, 0.2) is 30.6 Å². The van der Waals surface area contributed by atoms with Crippen molar-refractivity contribution in [3.8, 4) is 22.9 Å². The van der Waals surface area contributed by atoms with Crippen LogP contribution in [0.25, 0.3) is 11.4 Å². The van der Waals surface area contributed by atoms with Crippen molar-refractivity contribution in [2.45, 2.75) is 26.4 Å². The largest absolute Gasteiger partial charge is 0.493 e. The van der Waals surface area contributed by atoms with Crippen LogP contribution in [0, 0.1) is 5.92 Å². The molecule has 0 unspecified atom stereocenters. The Morgan fingerprint density at radius 2 is 2.10 bits per heavy atom. The number of methoxy groups -OCH3 is 1. The van der Waals surface area contributed by atoms with Gasteiger partial charge in [0.15, 0.2) is 11.5 Å². The van der Waals surface area contributed by atoms with Crippen molar-refractivity contribution in [3.05, 3.63) is 30.6 Å². The number of rotatable bonds is 2. The van der Waals surface area contributed by atoms with Gasteiger partial charge in [-0.15, -0.1) is 0 Å².